The second-order valence-corrected chi connectivity index (χ2v) is 5.48. The standard InChI is InChI=1S/C14H17F3N4O/c1-9-4-5-10(22-9)7-18-8-12-19-20-13-11(14(15,16)17)3-2-6-21(12)13/h4-5,11,18H,2-3,6-8H2,1H3/t11-/m1/s1. The van der Waals surface area contributed by atoms with Gasteiger partial charge in [-0.15, -0.1) is 10.2 Å². The molecule has 0 radical (unpaired) electrons. The average molecular weight is 314 g/mol. The van der Waals surface area contributed by atoms with Crippen molar-refractivity contribution < 1.29 is 17.6 Å². The summed E-state index contributed by atoms with van der Waals surface area (Å²) >= 11 is 0. The Morgan fingerprint density at radius 3 is 2.82 bits per heavy atom. The van der Waals surface area contributed by atoms with Crippen molar-refractivity contribution in [3.63, 3.8) is 0 Å². The van der Waals surface area contributed by atoms with Crippen LogP contribution < -0.4 is 5.32 Å². The van der Waals surface area contributed by atoms with E-state index in [9.17, 15) is 13.2 Å². The Balaban J connectivity index is 1.67. The lowest BCUT2D eigenvalue weighted by Crippen LogP contribution is -2.29. The maximum atomic E-state index is 13.0. The number of alkyl halides is 3. The molecular weight excluding hydrogens is 297 g/mol. The van der Waals surface area contributed by atoms with Crippen molar-refractivity contribution in [2.45, 2.75) is 51.5 Å². The molecule has 8 heteroatoms. The molecule has 1 aliphatic rings. The van der Waals surface area contributed by atoms with Gasteiger partial charge in [-0.05, 0) is 31.9 Å². The van der Waals surface area contributed by atoms with Crippen LogP contribution in [0.15, 0.2) is 16.5 Å². The lowest BCUT2D eigenvalue weighted by atomic mass is 9.98. The van der Waals surface area contributed by atoms with E-state index in [0.717, 1.165) is 11.5 Å². The minimum atomic E-state index is -4.26. The van der Waals surface area contributed by atoms with Crippen LogP contribution in [0.5, 0.6) is 0 Å². The van der Waals surface area contributed by atoms with E-state index in [1.165, 1.54) is 0 Å². The van der Waals surface area contributed by atoms with Crippen LogP contribution in [0.3, 0.4) is 0 Å². The Morgan fingerprint density at radius 2 is 2.14 bits per heavy atom. The van der Waals surface area contributed by atoms with E-state index >= 15 is 0 Å². The van der Waals surface area contributed by atoms with Gasteiger partial charge in [0.05, 0.1) is 13.1 Å². The summed E-state index contributed by atoms with van der Waals surface area (Å²) in [5.74, 6) is 0.667. The fourth-order valence-corrected chi connectivity index (χ4v) is 2.75. The summed E-state index contributed by atoms with van der Waals surface area (Å²) in [4.78, 5) is 0. The topological polar surface area (TPSA) is 55.9 Å². The van der Waals surface area contributed by atoms with Crippen molar-refractivity contribution in [3.05, 3.63) is 35.3 Å². The monoisotopic (exact) mass is 314 g/mol. The third-order valence-electron chi connectivity index (χ3n) is 3.82. The molecular formula is C14H17F3N4O. The summed E-state index contributed by atoms with van der Waals surface area (Å²) in [6.45, 7) is 3.25. The van der Waals surface area contributed by atoms with Crippen molar-refractivity contribution in [1.29, 1.82) is 0 Å². The van der Waals surface area contributed by atoms with Crippen LogP contribution in [0.4, 0.5) is 13.2 Å². The largest absolute Gasteiger partial charge is 0.465 e. The molecule has 3 heterocycles. The molecule has 3 rings (SSSR count). The van der Waals surface area contributed by atoms with Gasteiger partial charge >= 0.3 is 6.18 Å². The van der Waals surface area contributed by atoms with Gasteiger partial charge in [0.25, 0.3) is 0 Å². The first kappa shape index (κ1) is 15.1. The number of hydrogen-bond donors (Lipinski definition) is 1. The maximum absolute atomic E-state index is 13.0. The Morgan fingerprint density at radius 1 is 1.32 bits per heavy atom. The Hall–Kier alpha value is -1.83. The average Bonchev–Trinajstić information content (AvgIpc) is 3.04. The number of aryl methyl sites for hydroxylation is 1. The molecule has 0 saturated carbocycles. The lowest BCUT2D eigenvalue weighted by Gasteiger charge is -2.25. The zero-order valence-electron chi connectivity index (χ0n) is 12.2. The number of furan rings is 1. The number of rotatable bonds is 4. The summed E-state index contributed by atoms with van der Waals surface area (Å²) < 4.78 is 46.0. The van der Waals surface area contributed by atoms with E-state index in [0.29, 0.717) is 31.9 Å². The predicted molar refractivity (Wildman–Crippen MR) is 72.0 cm³/mol. The number of fused-ring (bicyclic) bond motifs is 1. The molecule has 0 bridgehead atoms. The van der Waals surface area contributed by atoms with Gasteiger partial charge in [-0.2, -0.15) is 13.2 Å². The second kappa shape index (κ2) is 5.75. The Kier molecular flexibility index (Phi) is 3.94. The Labute approximate surface area is 125 Å². The summed E-state index contributed by atoms with van der Waals surface area (Å²) in [6.07, 6.45) is -3.69. The summed E-state index contributed by atoms with van der Waals surface area (Å²) in [7, 11) is 0. The van der Waals surface area contributed by atoms with Gasteiger partial charge in [0, 0.05) is 6.54 Å². The van der Waals surface area contributed by atoms with Crippen molar-refractivity contribution >= 4 is 0 Å². The van der Waals surface area contributed by atoms with Crippen LogP contribution in [0.25, 0.3) is 0 Å². The van der Waals surface area contributed by atoms with Gasteiger partial charge in [-0.1, -0.05) is 0 Å². The van der Waals surface area contributed by atoms with Crippen LogP contribution in [0.2, 0.25) is 0 Å². The van der Waals surface area contributed by atoms with Gasteiger partial charge in [0.15, 0.2) is 0 Å². The van der Waals surface area contributed by atoms with E-state index in [1.807, 2.05) is 19.1 Å². The first-order chi connectivity index (χ1) is 10.4. The minimum absolute atomic E-state index is 0.0318. The fourth-order valence-electron chi connectivity index (χ4n) is 2.75. The highest BCUT2D eigenvalue weighted by molar-refractivity contribution is 5.08. The van der Waals surface area contributed by atoms with Gasteiger partial charge in [0.1, 0.15) is 29.1 Å². The fraction of sp³-hybridized carbons (Fsp3) is 0.571. The van der Waals surface area contributed by atoms with Crippen molar-refractivity contribution in [1.82, 2.24) is 20.1 Å². The molecule has 0 aliphatic carbocycles. The van der Waals surface area contributed by atoms with Gasteiger partial charge in [-0.25, -0.2) is 0 Å². The number of halogens is 3. The number of aromatic nitrogens is 3. The Bertz CT molecular complexity index is 647. The molecule has 1 aliphatic heterocycles. The zero-order chi connectivity index (χ0) is 15.7. The maximum Gasteiger partial charge on any atom is 0.398 e. The normalized spacial score (nSPS) is 18.5. The van der Waals surface area contributed by atoms with Gasteiger partial charge in [-0.3, -0.25) is 0 Å². The SMILES string of the molecule is Cc1ccc(CNCc2nnc3n2CCC[C@H]3C(F)(F)F)o1. The van der Waals surface area contributed by atoms with Crippen LogP contribution in [-0.2, 0) is 19.6 Å². The van der Waals surface area contributed by atoms with E-state index in [2.05, 4.69) is 15.5 Å². The second-order valence-electron chi connectivity index (χ2n) is 5.48. The number of nitrogens with one attached hydrogen (secondary N) is 1. The molecule has 22 heavy (non-hydrogen) atoms. The van der Waals surface area contributed by atoms with Crippen LogP contribution in [0, 0.1) is 6.92 Å². The van der Waals surface area contributed by atoms with Crippen LogP contribution in [0.1, 0.15) is 41.9 Å². The van der Waals surface area contributed by atoms with Gasteiger partial charge < -0.3 is 14.3 Å². The highest BCUT2D eigenvalue weighted by Gasteiger charge is 2.45. The number of nitrogens with zero attached hydrogens (tertiary/aromatic N) is 3. The quantitative estimate of drug-likeness (QED) is 0.943. The molecule has 0 amide bonds. The first-order valence-electron chi connectivity index (χ1n) is 7.20. The molecule has 0 spiro atoms. The molecule has 1 N–H and O–H groups in total. The molecule has 2 aromatic heterocycles. The molecule has 5 nitrogen and oxygen atoms in total. The summed E-state index contributed by atoms with van der Waals surface area (Å²) in [5.41, 5.74) is 0. The first-order valence-corrected chi connectivity index (χ1v) is 7.20. The predicted octanol–water partition coefficient (Wildman–Crippen LogP) is 2.91. The van der Waals surface area contributed by atoms with Crippen LogP contribution >= 0.6 is 0 Å². The zero-order valence-corrected chi connectivity index (χ0v) is 12.2. The summed E-state index contributed by atoms with van der Waals surface area (Å²) in [5, 5.41) is 10.8. The van der Waals surface area contributed by atoms with Crippen LogP contribution in [-0.4, -0.2) is 20.9 Å². The molecule has 0 saturated heterocycles. The molecule has 0 unspecified atom stereocenters. The van der Waals surface area contributed by atoms with E-state index in [4.69, 9.17) is 4.42 Å². The molecule has 0 aromatic carbocycles. The smallest absolute Gasteiger partial charge is 0.398 e. The summed E-state index contributed by atoms with van der Waals surface area (Å²) in [6, 6.07) is 3.73. The highest BCUT2D eigenvalue weighted by Crippen LogP contribution is 2.40. The lowest BCUT2D eigenvalue weighted by molar-refractivity contribution is -0.156. The molecule has 120 valence electrons. The molecule has 0 fully saturated rings. The number of hydrogen-bond acceptors (Lipinski definition) is 4. The third kappa shape index (κ3) is 3.01. The van der Waals surface area contributed by atoms with E-state index in [1.54, 1.807) is 4.57 Å². The van der Waals surface area contributed by atoms with E-state index < -0.39 is 12.1 Å². The van der Waals surface area contributed by atoms with Gasteiger partial charge in [0.2, 0.25) is 0 Å². The minimum Gasteiger partial charge on any atom is -0.465 e. The van der Waals surface area contributed by atoms with Crippen molar-refractivity contribution in [2.24, 2.45) is 0 Å². The molecule has 2 aromatic rings. The third-order valence-corrected chi connectivity index (χ3v) is 3.82. The van der Waals surface area contributed by atoms with Crippen molar-refractivity contribution in [2.75, 3.05) is 0 Å². The van der Waals surface area contributed by atoms with Crippen molar-refractivity contribution in [3.8, 4) is 0 Å². The highest BCUT2D eigenvalue weighted by atomic mass is 19.4. The molecule has 1 atom stereocenters. The van der Waals surface area contributed by atoms with E-state index in [-0.39, 0.29) is 12.2 Å².